The number of phenolic OH excluding ortho intramolecular Hbond substituents is 2. The number of hydrogen-bond acceptors (Lipinski definition) is 4. The standard InChI is InChI=1S/C17H18O4/c1-20-17-15(19)7-4-13-9-12(10-21-16(13)17)8-11-2-5-14(18)6-3-11/h2-7,12,18-19H,8-10H2,1H3/t12-/m1/s1. The van der Waals surface area contributed by atoms with Crippen LogP contribution >= 0.6 is 0 Å². The first kappa shape index (κ1) is 13.6. The van der Waals surface area contributed by atoms with E-state index in [2.05, 4.69) is 0 Å². The summed E-state index contributed by atoms with van der Waals surface area (Å²) < 4.78 is 11.0. The van der Waals surface area contributed by atoms with Gasteiger partial charge in [-0.2, -0.15) is 0 Å². The Morgan fingerprint density at radius 2 is 1.90 bits per heavy atom. The molecule has 0 aliphatic carbocycles. The Morgan fingerprint density at radius 3 is 2.62 bits per heavy atom. The Labute approximate surface area is 123 Å². The Hall–Kier alpha value is -2.36. The number of ether oxygens (including phenoxy) is 2. The van der Waals surface area contributed by atoms with Crippen molar-refractivity contribution in [2.24, 2.45) is 5.92 Å². The molecule has 4 nitrogen and oxygen atoms in total. The van der Waals surface area contributed by atoms with Crippen LogP contribution in [-0.4, -0.2) is 23.9 Å². The van der Waals surface area contributed by atoms with Gasteiger partial charge in [-0.1, -0.05) is 18.2 Å². The van der Waals surface area contributed by atoms with Crippen molar-refractivity contribution in [2.75, 3.05) is 13.7 Å². The predicted octanol–water partition coefficient (Wildman–Crippen LogP) is 2.90. The van der Waals surface area contributed by atoms with Gasteiger partial charge in [-0.3, -0.25) is 0 Å². The first-order valence-electron chi connectivity index (χ1n) is 6.97. The molecule has 1 aliphatic heterocycles. The highest BCUT2D eigenvalue weighted by atomic mass is 16.5. The van der Waals surface area contributed by atoms with Gasteiger partial charge in [-0.25, -0.2) is 0 Å². The lowest BCUT2D eigenvalue weighted by molar-refractivity contribution is 0.209. The quantitative estimate of drug-likeness (QED) is 0.911. The summed E-state index contributed by atoms with van der Waals surface area (Å²) in [5.41, 5.74) is 2.23. The van der Waals surface area contributed by atoms with E-state index >= 15 is 0 Å². The van der Waals surface area contributed by atoms with Crippen LogP contribution in [0.2, 0.25) is 0 Å². The molecule has 2 aromatic rings. The number of phenols is 2. The summed E-state index contributed by atoms with van der Waals surface area (Å²) in [5.74, 6) is 1.82. The van der Waals surface area contributed by atoms with Crippen molar-refractivity contribution in [3.05, 3.63) is 47.5 Å². The van der Waals surface area contributed by atoms with E-state index in [1.54, 1.807) is 18.2 Å². The predicted molar refractivity (Wildman–Crippen MR) is 79.2 cm³/mol. The highest BCUT2D eigenvalue weighted by Gasteiger charge is 2.24. The molecule has 3 rings (SSSR count). The van der Waals surface area contributed by atoms with Gasteiger partial charge in [0.1, 0.15) is 5.75 Å². The molecule has 0 aromatic heterocycles. The second-order valence-corrected chi connectivity index (χ2v) is 5.36. The fourth-order valence-corrected chi connectivity index (χ4v) is 2.78. The average Bonchev–Trinajstić information content (AvgIpc) is 2.50. The summed E-state index contributed by atoms with van der Waals surface area (Å²) in [7, 11) is 1.53. The summed E-state index contributed by atoms with van der Waals surface area (Å²) in [4.78, 5) is 0. The van der Waals surface area contributed by atoms with Crippen LogP contribution in [0.3, 0.4) is 0 Å². The van der Waals surface area contributed by atoms with E-state index in [9.17, 15) is 10.2 Å². The maximum atomic E-state index is 9.76. The Balaban J connectivity index is 1.77. The summed E-state index contributed by atoms with van der Waals surface area (Å²) >= 11 is 0. The highest BCUT2D eigenvalue weighted by molar-refractivity contribution is 5.55. The first-order valence-corrected chi connectivity index (χ1v) is 6.97. The minimum absolute atomic E-state index is 0.105. The molecule has 2 N–H and O–H groups in total. The smallest absolute Gasteiger partial charge is 0.203 e. The molecule has 0 amide bonds. The van der Waals surface area contributed by atoms with Crippen molar-refractivity contribution in [3.63, 3.8) is 0 Å². The number of aromatic hydroxyl groups is 2. The van der Waals surface area contributed by atoms with Crippen molar-refractivity contribution in [2.45, 2.75) is 12.8 Å². The summed E-state index contributed by atoms with van der Waals surface area (Å²) in [6.07, 6.45) is 1.77. The van der Waals surface area contributed by atoms with Gasteiger partial charge in [-0.05, 0) is 42.2 Å². The van der Waals surface area contributed by atoms with Crippen LogP contribution in [0, 0.1) is 5.92 Å². The van der Waals surface area contributed by atoms with Gasteiger partial charge < -0.3 is 19.7 Å². The molecule has 0 saturated carbocycles. The van der Waals surface area contributed by atoms with E-state index in [-0.39, 0.29) is 11.5 Å². The Bertz CT molecular complexity index is 634. The van der Waals surface area contributed by atoms with E-state index < -0.39 is 0 Å². The van der Waals surface area contributed by atoms with Crippen molar-refractivity contribution in [1.29, 1.82) is 0 Å². The zero-order valence-electron chi connectivity index (χ0n) is 11.9. The molecule has 0 radical (unpaired) electrons. The monoisotopic (exact) mass is 286 g/mol. The zero-order valence-corrected chi connectivity index (χ0v) is 11.9. The topological polar surface area (TPSA) is 58.9 Å². The van der Waals surface area contributed by atoms with Crippen LogP contribution in [0.4, 0.5) is 0 Å². The van der Waals surface area contributed by atoms with Gasteiger partial charge >= 0.3 is 0 Å². The molecule has 1 heterocycles. The molecule has 1 atom stereocenters. The fourth-order valence-electron chi connectivity index (χ4n) is 2.78. The van der Waals surface area contributed by atoms with Crippen LogP contribution in [0.5, 0.6) is 23.0 Å². The van der Waals surface area contributed by atoms with Gasteiger partial charge in [0.25, 0.3) is 0 Å². The highest BCUT2D eigenvalue weighted by Crippen LogP contribution is 2.42. The van der Waals surface area contributed by atoms with E-state index in [1.165, 1.54) is 12.7 Å². The first-order chi connectivity index (χ1) is 10.2. The maximum absolute atomic E-state index is 9.76. The van der Waals surface area contributed by atoms with E-state index in [1.807, 2.05) is 18.2 Å². The van der Waals surface area contributed by atoms with Crippen LogP contribution in [0.1, 0.15) is 11.1 Å². The van der Waals surface area contributed by atoms with Gasteiger partial charge in [0.15, 0.2) is 11.5 Å². The molecule has 21 heavy (non-hydrogen) atoms. The molecule has 0 bridgehead atoms. The molecular weight excluding hydrogens is 268 g/mol. The van der Waals surface area contributed by atoms with Gasteiger partial charge in [0.2, 0.25) is 5.75 Å². The second-order valence-electron chi connectivity index (χ2n) is 5.36. The lowest BCUT2D eigenvalue weighted by Gasteiger charge is -2.27. The zero-order chi connectivity index (χ0) is 14.8. The summed E-state index contributed by atoms with van der Waals surface area (Å²) in [6, 6.07) is 10.8. The minimum Gasteiger partial charge on any atom is -0.508 e. The number of methoxy groups -OCH3 is 1. The van der Waals surface area contributed by atoms with Crippen LogP contribution in [0.15, 0.2) is 36.4 Å². The van der Waals surface area contributed by atoms with Crippen LogP contribution in [-0.2, 0) is 12.8 Å². The van der Waals surface area contributed by atoms with E-state index in [0.29, 0.717) is 24.0 Å². The van der Waals surface area contributed by atoms with Crippen molar-refractivity contribution in [1.82, 2.24) is 0 Å². The third kappa shape index (κ3) is 2.75. The van der Waals surface area contributed by atoms with Crippen molar-refractivity contribution < 1.29 is 19.7 Å². The molecule has 0 fully saturated rings. The Morgan fingerprint density at radius 1 is 1.14 bits per heavy atom. The molecular formula is C17H18O4. The number of benzene rings is 2. The van der Waals surface area contributed by atoms with Crippen LogP contribution < -0.4 is 9.47 Å². The van der Waals surface area contributed by atoms with Crippen molar-refractivity contribution in [3.8, 4) is 23.0 Å². The molecule has 2 aromatic carbocycles. The molecule has 0 spiro atoms. The molecule has 1 aliphatic rings. The van der Waals surface area contributed by atoms with Gasteiger partial charge in [0.05, 0.1) is 13.7 Å². The number of hydrogen-bond donors (Lipinski definition) is 2. The third-order valence-corrected chi connectivity index (χ3v) is 3.81. The lowest BCUT2D eigenvalue weighted by Crippen LogP contribution is -2.23. The normalized spacial score (nSPS) is 16.9. The molecule has 4 heteroatoms. The molecule has 0 unspecified atom stereocenters. The molecule has 0 saturated heterocycles. The summed E-state index contributed by atoms with van der Waals surface area (Å²) in [5, 5.41) is 19.1. The minimum atomic E-state index is 0.105. The van der Waals surface area contributed by atoms with Crippen LogP contribution in [0.25, 0.3) is 0 Å². The largest absolute Gasteiger partial charge is 0.508 e. The van der Waals surface area contributed by atoms with Crippen molar-refractivity contribution >= 4 is 0 Å². The number of fused-ring (bicyclic) bond motifs is 1. The molecule has 110 valence electrons. The maximum Gasteiger partial charge on any atom is 0.203 e. The SMILES string of the molecule is COc1c(O)ccc2c1OC[C@H](Cc1ccc(O)cc1)C2. The third-order valence-electron chi connectivity index (χ3n) is 3.81. The average molecular weight is 286 g/mol. The fraction of sp³-hybridized carbons (Fsp3) is 0.294. The van der Waals surface area contributed by atoms with Gasteiger partial charge in [-0.15, -0.1) is 0 Å². The second kappa shape index (κ2) is 5.56. The Kier molecular flexibility index (Phi) is 3.60. The summed E-state index contributed by atoms with van der Waals surface area (Å²) in [6.45, 7) is 0.591. The van der Waals surface area contributed by atoms with E-state index in [0.717, 1.165) is 18.4 Å². The lowest BCUT2D eigenvalue weighted by atomic mass is 9.90. The van der Waals surface area contributed by atoms with E-state index in [4.69, 9.17) is 9.47 Å². The number of rotatable bonds is 3. The van der Waals surface area contributed by atoms with Gasteiger partial charge in [0, 0.05) is 5.92 Å².